The Morgan fingerprint density at radius 3 is 2.86 bits per heavy atom. The summed E-state index contributed by atoms with van der Waals surface area (Å²) >= 11 is 1.60. The molecule has 0 amide bonds. The Kier molecular flexibility index (Phi) is 4.29. The summed E-state index contributed by atoms with van der Waals surface area (Å²) in [7, 11) is 0. The third-order valence-electron chi connectivity index (χ3n) is 3.17. The van der Waals surface area contributed by atoms with Gasteiger partial charge in [-0.15, -0.1) is 11.3 Å². The fraction of sp³-hybridized carbons (Fsp3) is 0.188. The van der Waals surface area contributed by atoms with Crippen LogP contribution in [0.3, 0.4) is 0 Å². The van der Waals surface area contributed by atoms with Crippen LogP contribution in [0.15, 0.2) is 41.2 Å². The number of phenols is 1. The fourth-order valence-corrected chi connectivity index (χ4v) is 2.71. The van der Waals surface area contributed by atoms with Gasteiger partial charge in [-0.3, -0.25) is 0 Å². The minimum atomic E-state index is 0.182. The number of hydrogen-bond donors (Lipinski definition) is 2. The number of aromatic nitrogens is 3. The number of nitrogens with one attached hydrogen (secondary N) is 1. The lowest BCUT2D eigenvalue weighted by molar-refractivity contribution is 0.477. The maximum atomic E-state index is 9.94. The van der Waals surface area contributed by atoms with Gasteiger partial charge in [0, 0.05) is 30.1 Å². The number of aryl methyl sites for hydroxylation is 1. The largest absolute Gasteiger partial charge is 0.507 e. The monoisotopic (exact) mass is 312 g/mol. The molecule has 5 nitrogen and oxygen atoms in total. The van der Waals surface area contributed by atoms with Crippen LogP contribution in [-0.4, -0.2) is 26.6 Å². The Hall–Kier alpha value is -2.47. The number of hydrogen-bond acceptors (Lipinski definition) is 6. The summed E-state index contributed by atoms with van der Waals surface area (Å²) in [5.74, 6) is 1.46. The highest BCUT2D eigenvalue weighted by Gasteiger charge is 2.08. The molecule has 22 heavy (non-hydrogen) atoms. The molecule has 2 aromatic heterocycles. The molecular formula is C16H16N4OS. The second-order valence-corrected chi connectivity index (χ2v) is 5.61. The van der Waals surface area contributed by atoms with E-state index in [0.29, 0.717) is 11.4 Å². The molecule has 1 aromatic carbocycles. The lowest BCUT2D eigenvalue weighted by Gasteiger charge is -2.09. The SMILES string of the molecule is Cc1cc(NCCc2cscn2)nc(-c2ccccc2O)n1. The Bertz CT molecular complexity index is 759. The summed E-state index contributed by atoms with van der Waals surface area (Å²) in [6, 6.07) is 8.97. The van der Waals surface area contributed by atoms with E-state index in [1.807, 2.05) is 36.0 Å². The highest BCUT2D eigenvalue weighted by Crippen LogP contribution is 2.26. The molecular weight excluding hydrogens is 296 g/mol. The smallest absolute Gasteiger partial charge is 0.165 e. The molecule has 0 spiro atoms. The summed E-state index contributed by atoms with van der Waals surface area (Å²) in [6.45, 7) is 2.66. The minimum Gasteiger partial charge on any atom is -0.507 e. The van der Waals surface area contributed by atoms with Crippen molar-refractivity contribution in [3.05, 3.63) is 52.6 Å². The molecule has 0 atom stereocenters. The van der Waals surface area contributed by atoms with E-state index in [-0.39, 0.29) is 5.75 Å². The van der Waals surface area contributed by atoms with Crippen LogP contribution in [0.25, 0.3) is 11.4 Å². The molecule has 0 saturated heterocycles. The van der Waals surface area contributed by atoms with E-state index in [0.717, 1.165) is 30.2 Å². The molecule has 2 heterocycles. The highest BCUT2D eigenvalue weighted by molar-refractivity contribution is 7.07. The quantitative estimate of drug-likeness (QED) is 0.756. The van der Waals surface area contributed by atoms with Gasteiger partial charge in [-0.05, 0) is 19.1 Å². The lowest BCUT2D eigenvalue weighted by atomic mass is 10.2. The normalized spacial score (nSPS) is 10.6. The van der Waals surface area contributed by atoms with Crippen LogP contribution in [0.4, 0.5) is 5.82 Å². The van der Waals surface area contributed by atoms with Crippen LogP contribution in [0.1, 0.15) is 11.4 Å². The third kappa shape index (κ3) is 3.40. The number of benzene rings is 1. The first-order chi connectivity index (χ1) is 10.7. The summed E-state index contributed by atoms with van der Waals surface area (Å²) < 4.78 is 0. The van der Waals surface area contributed by atoms with Crippen molar-refractivity contribution >= 4 is 17.2 Å². The molecule has 0 aliphatic heterocycles. The first kappa shape index (κ1) is 14.5. The molecule has 2 N–H and O–H groups in total. The van der Waals surface area contributed by atoms with E-state index in [1.165, 1.54) is 0 Å². The van der Waals surface area contributed by atoms with E-state index in [1.54, 1.807) is 23.5 Å². The van der Waals surface area contributed by atoms with Crippen molar-refractivity contribution in [2.24, 2.45) is 0 Å². The van der Waals surface area contributed by atoms with Gasteiger partial charge in [-0.25, -0.2) is 15.0 Å². The van der Waals surface area contributed by atoms with Crippen LogP contribution in [-0.2, 0) is 6.42 Å². The van der Waals surface area contributed by atoms with Crippen molar-refractivity contribution in [2.45, 2.75) is 13.3 Å². The van der Waals surface area contributed by atoms with Gasteiger partial charge < -0.3 is 10.4 Å². The van der Waals surface area contributed by atoms with E-state index >= 15 is 0 Å². The second-order valence-electron chi connectivity index (χ2n) is 4.89. The molecule has 112 valence electrons. The summed E-state index contributed by atoms with van der Waals surface area (Å²) in [6.07, 6.45) is 0.846. The summed E-state index contributed by atoms with van der Waals surface area (Å²) in [5.41, 5.74) is 4.39. The number of nitrogens with zero attached hydrogens (tertiary/aromatic N) is 3. The maximum Gasteiger partial charge on any atom is 0.165 e. The van der Waals surface area contributed by atoms with E-state index < -0.39 is 0 Å². The zero-order valence-corrected chi connectivity index (χ0v) is 13.0. The first-order valence-electron chi connectivity index (χ1n) is 6.97. The predicted molar refractivity (Wildman–Crippen MR) is 88.2 cm³/mol. The van der Waals surface area contributed by atoms with Crippen molar-refractivity contribution in [1.29, 1.82) is 0 Å². The molecule has 6 heteroatoms. The van der Waals surface area contributed by atoms with Crippen LogP contribution in [0.5, 0.6) is 5.75 Å². The summed E-state index contributed by atoms with van der Waals surface area (Å²) in [5, 5.41) is 15.3. The third-order valence-corrected chi connectivity index (χ3v) is 3.81. The first-order valence-corrected chi connectivity index (χ1v) is 7.91. The number of anilines is 1. The van der Waals surface area contributed by atoms with Crippen molar-refractivity contribution in [3.63, 3.8) is 0 Å². The van der Waals surface area contributed by atoms with Crippen molar-refractivity contribution in [2.75, 3.05) is 11.9 Å². The average molecular weight is 312 g/mol. The topological polar surface area (TPSA) is 70.9 Å². The maximum absolute atomic E-state index is 9.94. The van der Waals surface area contributed by atoms with Crippen LogP contribution in [0, 0.1) is 6.92 Å². The number of aromatic hydroxyl groups is 1. The highest BCUT2D eigenvalue weighted by atomic mass is 32.1. The minimum absolute atomic E-state index is 0.182. The molecule has 0 unspecified atom stereocenters. The number of para-hydroxylation sites is 1. The molecule has 0 radical (unpaired) electrons. The Morgan fingerprint density at radius 1 is 1.23 bits per heavy atom. The second kappa shape index (κ2) is 6.53. The lowest BCUT2D eigenvalue weighted by Crippen LogP contribution is -2.08. The van der Waals surface area contributed by atoms with Crippen LogP contribution >= 0.6 is 11.3 Å². The molecule has 0 aliphatic rings. The van der Waals surface area contributed by atoms with Crippen LogP contribution in [0.2, 0.25) is 0 Å². The molecule has 0 saturated carbocycles. The predicted octanol–water partition coefficient (Wildman–Crippen LogP) is 3.27. The molecule has 3 aromatic rings. The van der Waals surface area contributed by atoms with Gasteiger partial charge in [0.2, 0.25) is 0 Å². The fourth-order valence-electron chi connectivity index (χ4n) is 2.12. The van der Waals surface area contributed by atoms with E-state index in [9.17, 15) is 5.11 Å². The van der Waals surface area contributed by atoms with Crippen LogP contribution < -0.4 is 5.32 Å². The Balaban J connectivity index is 1.76. The molecule has 3 rings (SSSR count). The van der Waals surface area contributed by atoms with Crippen molar-refractivity contribution in [1.82, 2.24) is 15.0 Å². The molecule has 0 bridgehead atoms. The van der Waals surface area contributed by atoms with Gasteiger partial charge in [0.25, 0.3) is 0 Å². The Labute approximate surface area is 132 Å². The zero-order valence-electron chi connectivity index (χ0n) is 12.2. The zero-order chi connectivity index (χ0) is 15.4. The van der Waals surface area contributed by atoms with Crippen molar-refractivity contribution < 1.29 is 5.11 Å². The molecule has 0 fully saturated rings. The summed E-state index contributed by atoms with van der Waals surface area (Å²) in [4.78, 5) is 13.1. The van der Waals surface area contributed by atoms with Gasteiger partial charge in [0.15, 0.2) is 5.82 Å². The van der Waals surface area contributed by atoms with Gasteiger partial charge in [0.1, 0.15) is 11.6 Å². The number of phenolic OH excluding ortho intramolecular Hbond substituents is 1. The Morgan fingerprint density at radius 2 is 2.09 bits per heavy atom. The number of thiazole rings is 1. The number of rotatable bonds is 5. The van der Waals surface area contributed by atoms with Gasteiger partial charge in [0.05, 0.1) is 16.8 Å². The molecule has 0 aliphatic carbocycles. The van der Waals surface area contributed by atoms with Gasteiger partial charge in [-0.2, -0.15) is 0 Å². The van der Waals surface area contributed by atoms with E-state index in [2.05, 4.69) is 20.3 Å². The average Bonchev–Trinajstić information content (AvgIpc) is 3.00. The standard InChI is InChI=1S/C16H16N4OS/c1-11-8-15(17-7-6-12-9-22-10-18-12)20-16(19-11)13-4-2-3-5-14(13)21/h2-5,8-10,21H,6-7H2,1H3,(H,17,19,20). The van der Waals surface area contributed by atoms with E-state index in [4.69, 9.17) is 0 Å². The van der Waals surface area contributed by atoms with Crippen molar-refractivity contribution in [3.8, 4) is 17.1 Å². The van der Waals surface area contributed by atoms with Gasteiger partial charge in [-0.1, -0.05) is 12.1 Å². The van der Waals surface area contributed by atoms with Gasteiger partial charge >= 0.3 is 0 Å².